The third kappa shape index (κ3) is 4.71. The van der Waals surface area contributed by atoms with Crippen molar-refractivity contribution in [3.63, 3.8) is 0 Å². The molecule has 0 spiro atoms. The van der Waals surface area contributed by atoms with E-state index in [-0.39, 0.29) is 34.1 Å². The first kappa shape index (κ1) is 21.6. The minimum absolute atomic E-state index is 0.00816. The Morgan fingerprint density at radius 1 is 1.23 bits per heavy atom. The number of benzene rings is 1. The molecule has 158 valence electrons. The van der Waals surface area contributed by atoms with Gasteiger partial charge in [-0.15, -0.1) is 0 Å². The Labute approximate surface area is 172 Å². The lowest BCUT2D eigenvalue weighted by atomic mass is 9.95. The van der Waals surface area contributed by atoms with Crippen molar-refractivity contribution in [2.75, 3.05) is 6.61 Å². The zero-order valence-corrected chi connectivity index (χ0v) is 16.7. The quantitative estimate of drug-likeness (QED) is 0.668. The maximum Gasteiger partial charge on any atom is 0.268 e. The van der Waals surface area contributed by atoms with Crippen molar-refractivity contribution in [1.82, 2.24) is 9.97 Å². The van der Waals surface area contributed by atoms with Crippen molar-refractivity contribution in [1.29, 1.82) is 0 Å². The van der Waals surface area contributed by atoms with Gasteiger partial charge in [0.2, 0.25) is 0 Å². The second-order valence-corrected chi connectivity index (χ2v) is 7.30. The smallest absolute Gasteiger partial charge is 0.268 e. The molecule has 30 heavy (non-hydrogen) atoms. The summed E-state index contributed by atoms with van der Waals surface area (Å²) in [5.41, 5.74) is 6.54. The molecule has 1 saturated heterocycles. The van der Waals surface area contributed by atoms with Gasteiger partial charge in [0, 0.05) is 29.4 Å². The molecule has 6 nitrogen and oxygen atoms in total. The number of aromatic nitrogens is 2. The number of pyridine rings is 2. The van der Waals surface area contributed by atoms with Crippen LogP contribution in [0.3, 0.4) is 0 Å². The van der Waals surface area contributed by atoms with Crippen LogP contribution in [0.2, 0.25) is 0 Å². The van der Waals surface area contributed by atoms with Gasteiger partial charge in [0.05, 0.1) is 23.6 Å². The normalized spacial score (nSPS) is 18.5. The number of fused-ring (bicyclic) bond motifs is 1. The third-order valence-electron chi connectivity index (χ3n) is 5.14. The molecule has 0 aliphatic carbocycles. The van der Waals surface area contributed by atoms with E-state index in [4.69, 9.17) is 10.5 Å². The van der Waals surface area contributed by atoms with E-state index in [0.29, 0.717) is 12.1 Å². The number of halogens is 2. The van der Waals surface area contributed by atoms with Crippen molar-refractivity contribution < 1.29 is 18.3 Å². The fourth-order valence-electron chi connectivity index (χ4n) is 3.34. The van der Waals surface area contributed by atoms with E-state index < -0.39 is 17.5 Å². The van der Waals surface area contributed by atoms with Gasteiger partial charge in [-0.25, -0.2) is 8.78 Å². The number of nitrogens with one attached hydrogen (secondary N) is 1. The molecule has 4 rings (SSSR count). The Morgan fingerprint density at radius 2 is 1.93 bits per heavy atom. The molecule has 3 N–H and O–H groups in total. The second kappa shape index (κ2) is 9.13. The number of hydrogen-bond donors (Lipinski definition) is 2. The van der Waals surface area contributed by atoms with E-state index in [9.17, 15) is 18.4 Å². The van der Waals surface area contributed by atoms with Crippen LogP contribution in [0.1, 0.15) is 47.4 Å². The van der Waals surface area contributed by atoms with E-state index in [2.05, 4.69) is 9.97 Å². The number of nitrogens with two attached hydrogens (primary N) is 1. The standard InChI is InChI=1S/C15H17N3O3.C7H6F2/c1-8-2-3-9(7-21-8)11-6-12(19)13-10(18-11)4-5-17-14(13)15(16)20;1-5-6(8)3-2-4-7(5)9/h4-6,8-9H,2-3,7H2,1H3,(H2,16,20)(H,18,19);2-4H,1H3. The molecule has 1 aromatic carbocycles. The Hall–Kier alpha value is -3.13. The van der Waals surface area contributed by atoms with Crippen LogP contribution in [0.4, 0.5) is 8.78 Å². The summed E-state index contributed by atoms with van der Waals surface area (Å²) in [4.78, 5) is 30.8. The molecule has 1 aliphatic heterocycles. The lowest BCUT2D eigenvalue weighted by Gasteiger charge is -2.27. The van der Waals surface area contributed by atoms with Gasteiger partial charge in [0.25, 0.3) is 5.91 Å². The van der Waals surface area contributed by atoms with E-state index in [1.54, 1.807) is 6.07 Å². The van der Waals surface area contributed by atoms with Crippen molar-refractivity contribution in [2.45, 2.75) is 38.7 Å². The summed E-state index contributed by atoms with van der Waals surface area (Å²) in [5, 5.41) is 0.249. The van der Waals surface area contributed by atoms with Gasteiger partial charge >= 0.3 is 0 Å². The first-order valence-electron chi connectivity index (χ1n) is 9.62. The van der Waals surface area contributed by atoms with Crippen LogP contribution in [0, 0.1) is 18.6 Å². The number of H-pyrrole nitrogens is 1. The van der Waals surface area contributed by atoms with Crippen LogP contribution in [0.25, 0.3) is 10.9 Å². The van der Waals surface area contributed by atoms with Crippen LogP contribution >= 0.6 is 0 Å². The summed E-state index contributed by atoms with van der Waals surface area (Å²) in [6, 6.07) is 7.02. The predicted molar refractivity (Wildman–Crippen MR) is 109 cm³/mol. The lowest BCUT2D eigenvalue weighted by molar-refractivity contribution is 0.0147. The third-order valence-corrected chi connectivity index (χ3v) is 5.14. The number of aromatic amines is 1. The Morgan fingerprint density at radius 3 is 2.50 bits per heavy atom. The van der Waals surface area contributed by atoms with E-state index >= 15 is 0 Å². The first-order chi connectivity index (χ1) is 14.3. The van der Waals surface area contributed by atoms with Gasteiger partial charge in [-0.2, -0.15) is 0 Å². The highest BCUT2D eigenvalue weighted by Crippen LogP contribution is 2.27. The molecule has 1 fully saturated rings. The fourth-order valence-corrected chi connectivity index (χ4v) is 3.34. The highest BCUT2D eigenvalue weighted by atomic mass is 19.1. The maximum atomic E-state index is 12.3. The summed E-state index contributed by atoms with van der Waals surface area (Å²) < 4.78 is 30.3. The van der Waals surface area contributed by atoms with Crippen LogP contribution in [0.15, 0.2) is 41.3 Å². The maximum absolute atomic E-state index is 12.3. The topological polar surface area (TPSA) is 98.1 Å². The minimum Gasteiger partial charge on any atom is -0.378 e. The SMILES string of the molecule is CC1CCC(c2cc(=O)c3c(C(N)=O)nccc3[nH]2)CO1.Cc1c(F)cccc1F. The first-order valence-corrected chi connectivity index (χ1v) is 9.62. The molecule has 0 saturated carbocycles. The molecule has 3 aromatic rings. The summed E-state index contributed by atoms with van der Waals surface area (Å²) in [5.74, 6) is -1.51. The van der Waals surface area contributed by atoms with Gasteiger partial charge in [-0.1, -0.05) is 6.07 Å². The average Bonchev–Trinajstić information content (AvgIpc) is 2.72. The molecule has 1 aliphatic rings. The largest absolute Gasteiger partial charge is 0.378 e. The number of amides is 1. The zero-order valence-electron chi connectivity index (χ0n) is 16.7. The minimum atomic E-state index is -0.700. The Bertz CT molecular complexity index is 1100. The summed E-state index contributed by atoms with van der Waals surface area (Å²) in [6.07, 6.45) is 3.67. The second-order valence-electron chi connectivity index (χ2n) is 7.30. The molecular weight excluding hydrogens is 392 g/mol. The van der Waals surface area contributed by atoms with Crippen LogP contribution in [0.5, 0.6) is 0 Å². The van der Waals surface area contributed by atoms with Crippen molar-refractivity contribution in [2.24, 2.45) is 5.73 Å². The van der Waals surface area contributed by atoms with E-state index in [1.165, 1.54) is 37.4 Å². The van der Waals surface area contributed by atoms with Gasteiger partial charge in [-0.05, 0) is 44.9 Å². The molecule has 2 atom stereocenters. The fraction of sp³-hybridized carbons (Fsp3) is 0.318. The van der Waals surface area contributed by atoms with Crippen molar-refractivity contribution in [3.05, 3.63) is 75.3 Å². The lowest BCUT2D eigenvalue weighted by Crippen LogP contribution is -2.24. The molecule has 2 aromatic heterocycles. The van der Waals surface area contributed by atoms with E-state index in [0.717, 1.165) is 18.5 Å². The number of primary amides is 1. The predicted octanol–water partition coefficient (Wildman–Crippen LogP) is 3.58. The molecule has 2 unspecified atom stereocenters. The average molecular weight is 415 g/mol. The number of rotatable bonds is 2. The van der Waals surface area contributed by atoms with Gasteiger partial charge in [-0.3, -0.25) is 14.6 Å². The molecule has 3 heterocycles. The van der Waals surface area contributed by atoms with Crippen molar-refractivity contribution >= 4 is 16.8 Å². The van der Waals surface area contributed by atoms with Crippen LogP contribution in [-0.4, -0.2) is 28.6 Å². The van der Waals surface area contributed by atoms with Crippen molar-refractivity contribution in [3.8, 4) is 0 Å². The monoisotopic (exact) mass is 415 g/mol. The highest BCUT2D eigenvalue weighted by Gasteiger charge is 2.22. The Balaban J connectivity index is 0.000000239. The van der Waals surface area contributed by atoms with Crippen LogP contribution in [-0.2, 0) is 4.74 Å². The summed E-state index contributed by atoms with van der Waals surface area (Å²) in [7, 11) is 0. The molecule has 1 amide bonds. The summed E-state index contributed by atoms with van der Waals surface area (Å²) in [6.45, 7) is 4.05. The molecular formula is C22H23F2N3O3. The van der Waals surface area contributed by atoms with Gasteiger partial charge in [0.1, 0.15) is 17.3 Å². The Kier molecular flexibility index (Phi) is 6.56. The summed E-state index contributed by atoms with van der Waals surface area (Å²) >= 11 is 0. The number of carbonyl (C=O) groups excluding carboxylic acids is 1. The van der Waals surface area contributed by atoms with Gasteiger partial charge in [0.15, 0.2) is 5.43 Å². The van der Waals surface area contributed by atoms with E-state index in [1.807, 2.05) is 6.92 Å². The highest BCUT2D eigenvalue weighted by molar-refractivity contribution is 6.03. The molecule has 8 heteroatoms. The number of nitrogens with zero attached hydrogens (tertiary/aromatic N) is 1. The number of carbonyl (C=O) groups is 1. The van der Waals surface area contributed by atoms with Gasteiger partial charge < -0.3 is 15.5 Å². The molecule has 0 radical (unpaired) electrons. The number of ether oxygens (including phenoxy) is 1. The zero-order chi connectivity index (χ0) is 21.8. The molecule has 0 bridgehead atoms. The number of hydrogen-bond acceptors (Lipinski definition) is 4. The van der Waals surface area contributed by atoms with Crippen LogP contribution < -0.4 is 11.2 Å².